The van der Waals surface area contributed by atoms with Crippen LogP contribution in [0.2, 0.25) is 0 Å². The van der Waals surface area contributed by atoms with E-state index in [1.165, 1.54) is 24.3 Å². The first-order chi connectivity index (χ1) is 12.6. The highest BCUT2D eigenvalue weighted by Gasteiger charge is 2.39. The van der Waals surface area contributed by atoms with Gasteiger partial charge >= 0.3 is 0 Å². The number of likely N-dealkylation sites (N-methyl/N-ethyl adjacent to an activating group) is 1. The van der Waals surface area contributed by atoms with Crippen molar-refractivity contribution < 1.29 is 14.0 Å². The van der Waals surface area contributed by atoms with Crippen molar-refractivity contribution in [2.24, 2.45) is 0 Å². The maximum atomic E-state index is 13.0. The predicted molar refractivity (Wildman–Crippen MR) is 98.5 cm³/mol. The number of hydrogen-bond donors (Lipinski definition) is 1. The molecule has 0 bridgehead atoms. The highest BCUT2D eigenvalue weighted by atomic mass is 19.1. The summed E-state index contributed by atoms with van der Waals surface area (Å²) in [6, 6.07) is 4.96. The molecule has 2 aliphatic rings. The van der Waals surface area contributed by atoms with Crippen LogP contribution in [0.3, 0.4) is 0 Å². The molecule has 2 fully saturated rings. The van der Waals surface area contributed by atoms with E-state index in [1.807, 2.05) is 0 Å². The first-order valence-corrected chi connectivity index (χ1v) is 9.39. The van der Waals surface area contributed by atoms with Crippen LogP contribution in [0, 0.1) is 5.82 Å². The Bertz CT molecular complexity index is 629. The van der Waals surface area contributed by atoms with Crippen LogP contribution < -0.4 is 10.2 Å². The molecule has 0 aliphatic carbocycles. The Balaban J connectivity index is 1.42. The summed E-state index contributed by atoms with van der Waals surface area (Å²) in [6.45, 7) is 9.42. The van der Waals surface area contributed by atoms with Crippen molar-refractivity contribution in [1.29, 1.82) is 0 Å². The van der Waals surface area contributed by atoms with Crippen molar-refractivity contribution in [3.8, 4) is 0 Å². The van der Waals surface area contributed by atoms with Crippen molar-refractivity contribution in [3.63, 3.8) is 0 Å². The minimum atomic E-state index is -0.482. The molecule has 1 aromatic rings. The van der Waals surface area contributed by atoms with Crippen molar-refractivity contribution in [2.75, 3.05) is 50.7 Å². The van der Waals surface area contributed by atoms with E-state index in [2.05, 4.69) is 22.0 Å². The Labute approximate surface area is 153 Å². The second-order valence-electron chi connectivity index (χ2n) is 6.88. The largest absolute Gasteiger partial charge is 0.305 e. The molecule has 26 heavy (non-hydrogen) atoms. The minimum absolute atomic E-state index is 0.158. The minimum Gasteiger partial charge on any atom is -0.305 e. The van der Waals surface area contributed by atoms with Crippen molar-refractivity contribution in [1.82, 2.24) is 15.1 Å². The summed E-state index contributed by atoms with van der Waals surface area (Å²) in [7, 11) is 0. The predicted octanol–water partition coefficient (Wildman–Crippen LogP) is 1.07. The van der Waals surface area contributed by atoms with Crippen LogP contribution in [0.25, 0.3) is 0 Å². The molecular formula is C19H27FN4O2. The number of rotatable bonds is 7. The number of piperazine rings is 1. The highest BCUT2D eigenvalue weighted by molar-refractivity contribution is 6.22. The Kier molecular flexibility index (Phi) is 6.34. The van der Waals surface area contributed by atoms with E-state index in [0.29, 0.717) is 12.2 Å². The van der Waals surface area contributed by atoms with Crippen LogP contribution in [-0.2, 0) is 9.59 Å². The van der Waals surface area contributed by atoms with Gasteiger partial charge < -0.3 is 15.1 Å². The Hall–Kier alpha value is -1.83. The van der Waals surface area contributed by atoms with Gasteiger partial charge in [0.25, 0.3) is 5.91 Å². The van der Waals surface area contributed by atoms with Gasteiger partial charge in [-0.25, -0.2) is 9.29 Å². The van der Waals surface area contributed by atoms with Crippen LogP contribution >= 0.6 is 0 Å². The van der Waals surface area contributed by atoms with Crippen LogP contribution in [0.4, 0.5) is 10.1 Å². The standard InChI is InChI=1S/C19H27FN4O2/c1-2-22-10-12-23(13-11-22)9-3-8-21-17-14-18(25)24(19(17)26)16-6-4-15(20)5-7-16/h4-7,17,21H,2-3,8-14H2,1H3. The number of nitrogens with one attached hydrogen (secondary N) is 1. The average Bonchev–Trinajstić information content (AvgIpc) is 2.94. The number of amides is 2. The quantitative estimate of drug-likeness (QED) is 0.581. The molecule has 1 aromatic carbocycles. The molecule has 7 heteroatoms. The fourth-order valence-corrected chi connectivity index (χ4v) is 3.56. The molecule has 1 N–H and O–H groups in total. The number of halogens is 1. The lowest BCUT2D eigenvalue weighted by atomic mass is 10.2. The molecule has 2 aliphatic heterocycles. The van der Waals surface area contributed by atoms with Gasteiger partial charge in [-0.1, -0.05) is 6.92 Å². The third-order valence-corrected chi connectivity index (χ3v) is 5.19. The maximum absolute atomic E-state index is 13.0. The van der Waals surface area contributed by atoms with E-state index >= 15 is 0 Å². The van der Waals surface area contributed by atoms with Crippen LogP contribution in [0.15, 0.2) is 24.3 Å². The molecule has 0 radical (unpaired) electrons. The van der Waals surface area contributed by atoms with Crippen LogP contribution in [0.5, 0.6) is 0 Å². The summed E-state index contributed by atoms with van der Waals surface area (Å²) in [6.07, 6.45) is 1.10. The van der Waals surface area contributed by atoms with E-state index in [9.17, 15) is 14.0 Å². The van der Waals surface area contributed by atoms with Gasteiger partial charge in [0.05, 0.1) is 18.2 Å². The summed E-state index contributed by atoms with van der Waals surface area (Å²) in [5.74, 6) is -0.879. The third-order valence-electron chi connectivity index (χ3n) is 5.19. The first-order valence-electron chi connectivity index (χ1n) is 9.39. The van der Waals surface area contributed by atoms with Gasteiger partial charge in [0.1, 0.15) is 5.82 Å². The van der Waals surface area contributed by atoms with Gasteiger partial charge in [0.2, 0.25) is 5.91 Å². The lowest BCUT2D eigenvalue weighted by Crippen LogP contribution is -2.47. The van der Waals surface area contributed by atoms with E-state index in [0.717, 1.165) is 50.6 Å². The van der Waals surface area contributed by atoms with E-state index in [1.54, 1.807) is 0 Å². The zero-order chi connectivity index (χ0) is 18.5. The number of carbonyl (C=O) groups excluding carboxylic acids is 2. The number of anilines is 1. The lowest BCUT2D eigenvalue weighted by Gasteiger charge is -2.34. The molecule has 0 saturated carbocycles. The fraction of sp³-hybridized carbons (Fsp3) is 0.579. The van der Waals surface area contributed by atoms with Gasteiger partial charge in [0, 0.05) is 26.2 Å². The summed E-state index contributed by atoms with van der Waals surface area (Å²) < 4.78 is 13.0. The Morgan fingerprint density at radius 1 is 1.08 bits per heavy atom. The molecule has 2 saturated heterocycles. The smallest absolute Gasteiger partial charge is 0.251 e. The van der Waals surface area contributed by atoms with E-state index in [4.69, 9.17) is 0 Å². The summed E-state index contributed by atoms with van der Waals surface area (Å²) in [5, 5.41) is 3.21. The highest BCUT2D eigenvalue weighted by Crippen LogP contribution is 2.23. The van der Waals surface area contributed by atoms with Gasteiger partial charge in [-0.05, 0) is 50.3 Å². The Morgan fingerprint density at radius 2 is 1.73 bits per heavy atom. The normalized spacial score (nSPS) is 22.4. The average molecular weight is 362 g/mol. The van der Waals surface area contributed by atoms with Gasteiger partial charge in [0.15, 0.2) is 0 Å². The monoisotopic (exact) mass is 362 g/mol. The van der Waals surface area contributed by atoms with Crippen molar-refractivity contribution >= 4 is 17.5 Å². The lowest BCUT2D eigenvalue weighted by molar-refractivity contribution is -0.121. The SMILES string of the molecule is CCN1CCN(CCCNC2CC(=O)N(c3ccc(F)cc3)C2=O)CC1. The number of benzene rings is 1. The van der Waals surface area contributed by atoms with Gasteiger partial charge in [-0.3, -0.25) is 9.59 Å². The van der Waals surface area contributed by atoms with Crippen molar-refractivity contribution in [2.45, 2.75) is 25.8 Å². The summed E-state index contributed by atoms with van der Waals surface area (Å²) in [4.78, 5) is 30.7. The molecular weight excluding hydrogens is 335 g/mol. The van der Waals surface area contributed by atoms with E-state index in [-0.39, 0.29) is 24.1 Å². The number of hydrogen-bond acceptors (Lipinski definition) is 5. The topological polar surface area (TPSA) is 55.9 Å². The Morgan fingerprint density at radius 3 is 2.38 bits per heavy atom. The number of nitrogens with zero attached hydrogens (tertiary/aromatic N) is 3. The molecule has 6 nitrogen and oxygen atoms in total. The number of carbonyl (C=O) groups is 2. The second kappa shape index (κ2) is 8.70. The molecule has 2 amide bonds. The summed E-state index contributed by atoms with van der Waals surface area (Å²) in [5.41, 5.74) is 0.430. The van der Waals surface area contributed by atoms with Crippen molar-refractivity contribution in [3.05, 3.63) is 30.1 Å². The van der Waals surface area contributed by atoms with E-state index < -0.39 is 6.04 Å². The molecule has 1 atom stereocenters. The summed E-state index contributed by atoms with van der Waals surface area (Å²) >= 11 is 0. The third kappa shape index (κ3) is 4.47. The zero-order valence-electron chi connectivity index (χ0n) is 15.3. The van der Waals surface area contributed by atoms with Gasteiger partial charge in [-0.15, -0.1) is 0 Å². The second-order valence-corrected chi connectivity index (χ2v) is 6.88. The first kappa shape index (κ1) is 18.9. The molecule has 2 heterocycles. The molecule has 0 spiro atoms. The maximum Gasteiger partial charge on any atom is 0.251 e. The number of imide groups is 1. The van der Waals surface area contributed by atoms with Crippen LogP contribution in [0.1, 0.15) is 19.8 Å². The van der Waals surface area contributed by atoms with Gasteiger partial charge in [-0.2, -0.15) is 0 Å². The zero-order valence-corrected chi connectivity index (χ0v) is 15.3. The molecule has 1 unspecified atom stereocenters. The fourth-order valence-electron chi connectivity index (χ4n) is 3.56. The van der Waals surface area contributed by atoms with Crippen LogP contribution in [-0.4, -0.2) is 73.5 Å². The molecule has 3 rings (SSSR count). The molecule has 0 aromatic heterocycles. The molecule has 142 valence electrons.